The van der Waals surface area contributed by atoms with Crippen molar-refractivity contribution in [2.24, 2.45) is 5.92 Å². The molecule has 1 aliphatic heterocycles. The number of hydrogen-bond acceptors (Lipinski definition) is 5. The largest absolute Gasteiger partial charge is 0.494 e. The molecule has 3 N–H and O–H groups in total. The van der Waals surface area contributed by atoms with Crippen molar-refractivity contribution in [3.8, 4) is 5.75 Å². The van der Waals surface area contributed by atoms with Gasteiger partial charge in [0.25, 0.3) is 0 Å². The number of carbonyl (C=O) groups is 1. The summed E-state index contributed by atoms with van der Waals surface area (Å²) in [6.45, 7) is 6.52. The monoisotopic (exact) mass is 438 g/mol. The van der Waals surface area contributed by atoms with Crippen LogP contribution >= 0.6 is 0 Å². The van der Waals surface area contributed by atoms with Gasteiger partial charge in [0.05, 0.1) is 6.61 Å². The van der Waals surface area contributed by atoms with Crippen molar-refractivity contribution >= 4 is 5.91 Å². The Bertz CT molecular complexity index is 776. The topological polar surface area (TPSA) is 75.3 Å². The summed E-state index contributed by atoms with van der Waals surface area (Å²) < 4.78 is 5.78. The number of hydrogen-bond donors (Lipinski definition) is 3. The number of rotatable bonds is 13. The molecule has 1 fully saturated rings. The van der Waals surface area contributed by atoms with Crippen LogP contribution in [0.2, 0.25) is 0 Å². The third-order valence-corrected chi connectivity index (χ3v) is 6.06. The number of pyridine rings is 1. The molecular weight excluding hydrogens is 400 g/mol. The number of amides is 1. The van der Waals surface area contributed by atoms with Gasteiger partial charge in [-0.3, -0.25) is 9.78 Å². The van der Waals surface area contributed by atoms with Gasteiger partial charge >= 0.3 is 0 Å². The fraction of sp³-hybridized carbons (Fsp3) is 0.538. The zero-order valence-electron chi connectivity index (χ0n) is 19.3. The van der Waals surface area contributed by atoms with Crippen LogP contribution in [0.1, 0.15) is 56.2 Å². The Balaban J connectivity index is 1.56. The zero-order chi connectivity index (χ0) is 22.4. The van der Waals surface area contributed by atoms with Crippen LogP contribution in [0.3, 0.4) is 0 Å². The smallest absolute Gasteiger partial charge is 0.241 e. The molecule has 2 aromatic rings. The second-order valence-electron chi connectivity index (χ2n) is 8.54. The number of nitrogens with one attached hydrogen (secondary N) is 3. The molecule has 0 spiro atoms. The highest BCUT2D eigenvalue weighted by Gasteiger charge is 2.21. The van der Waals surface area contributed by atoms with Gasteiger partial charge in [-0.05, 0) is 93.0 Å². The van der Waals surface area contributed by atoms with Crippen LogP contribution < -0.4 is 20.7 Å². The average Bonchev–Trinajstić information content (AvgIpc) is 2.84. The van der Waals surface area contributed by atoms with Crippen molar-refractivity contribution in [3.05, 3.63) is 59.9 Å². The van der Waals surface area contributed by atoms with E-state index in [0.717, 1.165) is 69.2 Å². The molecule has 0 radical (unpaired) electrons. The summed E-state index contributed by atoms with van der Waals surface area (Å²) >= 11 is 0. The van der Waals surface area contributed by atoms with Gasteiger partial charge in [0.2, 0.25) is 5.91 Å². The third-order valence-electron chi connectivity index (χ3n) is 6.06. The van der Waals surface area contributed by atoms with E-state index in [9.17, 15) is 4.79 Å². The van der Waals surface area contributed by atoms with Gasteiger partial charge in [0.1, 0.15) is 11.8 Å². The standard InChI is InChI=1S/C26H38N4O2/c1-2-3-20-32-24-6-4-23(5-7-24)25(29-18-12-21-8-14-27-15-9-21)26(31)30-19-13-22-10-16-28-17-11-22/h4-7,10-11,16-17,21,25,27,29H,2-3,8-9,12-15,18-20H2,1H3,(H,30,31). The number of carbonyl (C=O) groups excluding carboxylic acids is 1. The van der Waals surface area contributed by atoms with Gasteiger partial charge in [0.15, 0.2) is 0 Å². The lowest BCUT2D eigenvalue weighted by atomic mass is 9.94. The van der Waals surface area contributed by atoms with Crippen molar-refractivity contribution in [1.29, 1.82) is 0 Å². The number of nitrogens with zero attached hydrogens (tertiary/aromatic N) is 1. The summed E-state index contributed by atoms with van der Waals surface area (Å²) in [4.78, 5) is 17.1. The van der Waals surface area contributed by atoms with Crippen LogP contribution in [0.15, 0.2) is 48.8 Å². The van der Waals surface area contributed by atoms with Crippen molar-refractivity contribution in [3.63, 3.8) is 0 Å². The molecule has 2 heterocycles. The average molecular weight is 439 g/mol. The van der Waals surface area contributed by atoms with Crippen LogP contribution in [0.25, 0.3) is 0 Å². The Morgan fingerprint density at radius 1 is 1.12 bits per heavy atom. The van der Waals surface area contributed by atoms with Crippen LogP contribution in [0.5, 0.6) is 5.75 Å². The predicted molar refractivity (Wildman–Crippen MR) is 129 cm³/mol. The minimum atomic E-state index is -0.362. The highest BCUT2D eigenvalue weighted by atomic mass is 16.5. The molecule has 1 aromatic carbocycles. The minimum Gasteiger partial charge on any atom is -0.494 e. The lowest BCUT2D eigenvalue weighted by Gasteiger charge is -2.24. The fourth-order valence-corrected chi connectivity index (χ4v) is 4.04. The molecule has 0 bridgehead atoms. The van der Waals surface area contributed by atoms with Gasteiger partial charge in [-0.2, -0.15) is 0 Å². The molecule has 6 nitrogen and oxygen atoms in total. The first-order chi connectivity index (χ1) is 15.8. The first kappa shape index (κ1) is 24.2. The minimum absolute atomic E-state index is 0.0176. The molecule has 32 heavy (non-hydrogen) atoms. The summed E-state index contributed by atoms with van der Waals surface area (Å²) in [5.74, 6) is 1.60. The molecule has 174 valence electrons. The summed E-state index contributed by atoms with van der Waals surface area (Å²) in [7, 11) is 0. The first-order valence-corrected chi connectivity index (χ1v) is 12.1. The van der Waals surface area contributed by atoms with Gasteiger partial charge < -0.3 is 20.7 Å². The number of benzene rings is 1. The van der Waals surface area contributed by atoms with Crippen molar-refractivity contribution in [2.45, 2.75) is 51.5 Å². The van der Waals surface area contributed by atoms with Crippen molar-refractivity contribution in [2.75, 3.05) is 32.8 Å². The zero-order valence-corrected chi connectivity index (χ0v) is 19.3. The van der Waals surface area contributed by atoms with Crippen LogP contribution in [0, 0.1) is 5.92 Å². The van der Waals surface area contributed by atoms with E-state index in [0.29, 0.717) is 6.54 Å². The van der Waals surface area contributed by atoms with E-state index in [1.165, 1.54) is 18.4 Å². The van der Waals surface area contributed by atoms with Gasteiger partial charge in [-0.1, -0.05) is 25.5 Å². The number of unbranched alkanes of at least 4 members (excludes halogenated alkanes) is 1. The van der Waals surface area contributed by atoms with E-state index in [-0.39, 0.29) is 11.9 Å². The van der Waals surface area contributed by atoms with Gasteiger partial charge in [-0.25, -0.2) is 0 Å². The van der Waals surface area contributed by atoms with Crippen molar-refractivity contribution < 1.29 is 9.53 Å². The van der Waals surface area contributed by atoms with E-state index in [1.54, 1.807) is 12.4 Å². The van der Waals surface area contributed by atoms with E-state index in [1.807, 2.05) is 36.4 Å². The molecule has 1 unspecified atom stereocenters. The Morgan fingerprint density at radius 2 is 1.88 bits per heavy atom. The molecule has 1 aromatic heterocycles. The first-order valence-electron chi connectivity index (χ1n) is 12.1. The lowest BCUT2D eigenvalue weighted by Crippen LogP contribution is -2.39. The maximum atomic E-state index is 13.1. The van der Waals surface area contributed by atoms with Crippen LogP contribution in [0.4, 0.5) is 0 Å². The molecular formula is C26H38N4O2. The lowest BCUT2D eigenvalue weighted by molar-refractivity contribution is -0.123. The van der Waals surface area contributed by atoms with Crippen LogP contribution in [-0.2, 0) is 11.2 Å². The van der Waals surface area contributed by atoms with E-state index in [4.69, 9.17) is 4.74 Å². The fourth-order valence-electron chi connectivity index (χ4n) is 4.04. The van der Waals surface area contributed by atoms with Gasteiger partial charge in [-0.15, -0.1) is 0 Å². The summed E-state index contributed by atoms with van der Waals surface area (Å²) in [5, 5.41) is 10.0. The second kappa shape index (κ2) is 13.9. The highest BCUT2D eigenvalue weighted by molar-refractivity contribution is 5.83. The molecule has 0 saturated carbocycles. The summed E-state index contributed by atoms with van der Waals surface area (Å²) in [6.07, 6.45) is 10.0. The normalized spacial score (nSPS) is 15.3. The van der Waals surface area contributed by atoms with E-state index < -0.39 is 0 Å². The molecule has 0 aliphatic carbocycles. The SMILES string of the molecule is CCCCOc1ccc(C(NCCC2CCNCC2)C(=O)NCCc2ccncc2)cc1. The molecule has 3 rings (SSSR count). The van der Waals surface area contributed by atoms with Gasteiger partial charge in [0, 0.05) is 18.9 Å². The molecule has 1 amide bonds. The highest BCUT2D eigenvalue weighted by Crippen LogP contribution is 2.20. The number of piperidine rings is 1. The Labute approximate surface area is 192 Å². The predicted octanol–water partition coefficient (Wildman–Crippen LogP) is 3.64. The molecule has 6 heteroatoms. The second-order valence-corrected chi connectivity index (χ2v) is 8.54. The molecule has 1 saturated heterocycles. The maximum absolute atomic E-state index is 13.1. The summed E-state index contributed by atoms with van der Waals surface area (Å²) in [5.41, 5.74) is 2.14. The van der Waals surface area contributed by atoms with Crippen LogP contribution in [-0.4, -0.2) is 43.7 Å². The number of aromatic nitrogens is 1. The van der Waals surface area contributed by atoms with Crippen molar-refractivity contribution in [1.82, 2.24) is 20.9 Å². The van der Waals surface area contributed by atoms with E-state index in [2.05, 4.69) is 27.9 Å². The summed E-state index contributed by atoms with van der Waals surface area (Å²) in [6, 6.07) is 11.6. The molecule has 1 atom stereocenters. The Kier molecular flexibility index (Phi) is 10.5. The Hall–Kier alpha value is -2.44. The number of ether oxygens (including phenoxy) is 1. The van der Waals surface area contributed by atoms with E-state index >= 15 is 0 Å². The quantitative estimate of drug-likeness (QED) is 0.416. The maximum Gasteiger partial charge on any atom is 0.241 e. The molecule has 1 aliphatic rings. The Morgan fingerprint density at radius 3 is 2.59 bits per heavy atom. The third kappa shape index (κ3) is 8.24.